The Hall–Kier alpha value is -0.0400. The van der Waals surface area contributed by atoms with Crippen LogP contribution < -0.4 is 0 Å². The van der Waals surface area contributed by atoms with Crippen molar-refractivity contribution in [1.29, 1.82) is 0 Å². The van der Waals surface area contributed by atoms with Crippen LogP contribution in [-0.4, -0.2) is 13.7 Å². The molecule has 0 aliphatic rings. The fourth-order valence-corrected chi connectivity index (χ4v) is 1.35. The monoisotopic (exact) mass is 158 g/mol. The summed E-state index contributed by atoms with van der Waals surface area (Å²) in [7, 11) is 1.79. The number of ether oxygens (including phenoxy) is 1. The number of hydrogen-bond acceptors (Lipinski definition) is 1. The van der Waals surface area contributed by atoms with Gasteiger partial charge >= 0.3 is 0 Å². The molecule has 0 aliphatic heterocycles. The minimum absolute atomic E-state index is 0.736. The number of rotatable bonds is 5. The van der Waals surface area contributed by atoms with E-state index in [-0.39, 0.29) is 0 Å². The largest absolute Gasteiger partial charge is 0.384 e. The maximum absolute atomic E-state index is 5.17. The van der Waals surface area contributed by atoms with Crippen molar-refractivity contribution < 1.29 is 4.74 Å². The first-order chi connectivity index (χ1) is 5.07. The van der Waals surface area contributed by atoms with Crippen LogP contribution in [0.5, 0.6) is 0 Å². The van der Waals surface area contributed by atoms with Gasteiger partial charge in [0.25, 0.3) is 0 Å². The van der Waals surface area contributed by atoms with E-state index in [1.165, 1.54) is 6.42 Å². The fourth-order valence-electron chi connectivity index (χ4n) is 1.35. The van der Waals surface area contributed by atoms with Crippen LogP contribution in [0.15, 0.2) is 0 Å². The standard InChI is InChI=1S/C10H22O/c1-8(2)6-10(7-11-5)9(3)4/h8-10H,6-7H2,1-5H3/t10-/m0/s1. The zero-order valence-corrected chi connectivity index (χ0v) is 8.55. The molecule has 0 bridgehead atoms. The molecular weight excluding hydrogens is 136 g/mol. The molecule has 0 aromatic heterocycles. The second-order valence-electron chi connectivity index (χ2n) is 4.09. The molecule has 0 aromatic carbocycles. The van der Waals surface area contributed by atoms with Gasteiger partial charge in [-0.2, -0.15) is 0 Å². The number of methoxy groups -OCH3 is 1. The molecule has 1 heteroatoms. The first kappa shape index (κ1) is 11.0. The zero-order chi connectivity index (χ0) is 8.85. The first-order valence-electron chi connectivity index (χ1n) is 4.56. The summed E-state index contributed by atoms with van der Waals surface area (Å²) in [4.78, 5) is 0. The van der Waals surface area contributed by atoms with E-state index in [2.05, 4.69) is 27.7 Å². The Morgan fingerprint density at radius 3 is 1.91 bits per heavy atom. The molecule has 0 unspecified atom stereocenters. The van der Waals surface area contributed by atoms with Crippen molar-refractivity contribution in [2.45, 2.75) is 34.1 Å². The predicted octanol–water partition coefficient (Wildman–Crippen LogP) is 2.95. The average molecular weight is 158 g/mol. The van der Waals surface area contributed by atoms with Gasteiger partial charge in [0.2, 0.25) is 0 Å². The summed E-state index contributed by atoms with van der Waals surface area (Å²) in [6, 6.07) is 0. The zero-order valence-electron chi connectivity index (χ0n) is 8.55. The molecule has 0 radical (unpaired) electrons. The smallest absolute Gasteiger partial charge is 0.0493 e. The normalized spacial score (nSPS) is 14.5. The van der Waals surface area contributed by atoms with Gasteiger partial charge in [-0.15, -0.1) is 0 Å². The highest BCUT2D eigenvalue weighted by Gasteiger charge is 2.14. The van der Waals surface area contributed by atoms with Crippen LogP contribution in [0.4, 0.5) is 0 Å². The molecule has 0 saturated heterocycles. The van der Waals surface area contributed by atoms with Gasteiger partial charge in [-0.1, -0.05) is 27.7 Å². The van der Waals surface area contributed by atoms with Crippen molar-refractivity contribution in [2.75, 3.05) is 13.7 Å². The van der Waals surface area contributed by atoms with Gasteiger partial charge in [-0.05, 0) is 24.2 Å². The van der Waals surface area contributed by atoms with Crippen molar-refractivity contribution >= 4 is 0 Å². The SMILES string of the molecule is COC[C@H](CC(C)C)C(C)C. The summed E-state index contributed by atoms with van der Waals surface area (Å²) < 4.78 is 5.17. The van der Waals surface area contributed by atoms with Gasteiger partial charge in [0.15, 0.2) is 0 Å². The van der Waals surface area contributed by atoms with E-state index >= 15 is 0 Å². The van der Waals surface area contributed by atoms with Crippen LogP contribution in [0.1, 0.15) is 34.1 Å². The minimum Gasteiger partial charge on any atom is -0.384 e. The Kier molecular flexibility index (Phi) is 5.57. The molecule has 1 nitrogen and oxygen atoms in total. The summed E-state index contributed by atoms with van der Waals surface area (Å²) in [5.41, 5.74) is 0. The highest BCUT2D eigenvalue weighted by molar-refractivity contribution is 4.63. The average Bonchev–Trinajstić information content (AvgIpc) is 1.86. The van der Waals surface area contributed by atoms with Crippen LogP contribution in [-0.2, 0) is 4.74 Å². The van der Waals surface area contributed by atoms with Crippen molar-refractivity contribution in [3.05, 3.63) is 0 Å². The molecule has 0 fully saturated rings. The lowest BCUT2D eigenvalue weighted by atomic mass is 9.88. The second-order valence-corrected chi connectivity index (χ2v) is 4.09. The van der Waals surface area contributed by atoms with Gasteiger partial charge in [0, 0.05) is 13.7 Å². The third-order valence-electron chi connectivity index (χ3n) is 2.10. The highest BCUT2D eigenvalue weighted by Crippen LogP contribution is 2.19. The summed E-state index contributed by atoms with van der Waals surface area (Å²) in [6.45, 7) is 9.99. The summed E-state index contributed by atoms with van der Waals surface area (Å²) in [5, 5.41) is 0. The lowest BCUT2D eigenvalue weighted by Crippen LogP contribution is -2.17. The molecular formula is C10H22O. The van der Waals surface area contributed by atoms with Crippen molar-refractivity contribution in [1.82, 2.24) is 0 Å². The summed E-state index contributed by atoms with van der Waals surface area (Å²) >= 11 is 0. The van der Waals surface area contributed by atoms with Gasteiger partial charge in [0.1, 0.15) is 0 Å². The van der Waals surface area contributed by atoms with E-state index in [0.29, 0.717) is 0 Å². The Labute approximate surface area is 71.1 Å². The Morgan fingerprint density at radius 1 is 1.09 bits per heavy atom. The molecule has 0 saturated carbocycles. The molecule has 0 aromatic rings. The van der Waals surface area contributed by atoms with Crippen molar-refractivity contribution in [2.24, 2.45) is 17.8 Å². The molecule has 0 rings (SSSR count). The molecule has 0 amide bonds. The Bertz CT molecular complexity index is 86.9. The lowest BCUT2D eigenvalue weighted by molar-refractivity contribution is 0.116. The summed E-state index contributed by atoms with van der Waals surface area (Å²) in [6.07, 6.45) is 1.28. The predicted molar refractivity (Wildman–Crippen MR) is 49.7 cm³/mol. The van der Waals surface area contributed by atoms with Gasteiger partial charge < -0.3 is 4.74 Å². The van der Waals surface area contributed by atoms with Gasteiger partial charge in [-0.3, -0.25) is 0 Å². The van der Waals surface area contributed by atoms with E-state index in [4.69, 9.17) is 4.74 Å². The third-order valence-corrected chi connectivity index (χ3v) is 2.10. The number of hydrogen-bond donors (Lipinski definition) is 0. The van der Waals surface area contributed by atoms with E-state index in [0.717, 1.165) is 24.4 Å². The van der Waals surface area contributed by atoms with Crippen LogP contribution >= 0.6 is 0 Å². The van der Waals surface area contributed by atoms with E-state index in [1.807, 2.05) is 0 Å². The van der Waals surface area contributed by atoms with E-state index < -0.39 is 0 Å². The fraction of sp³-hybridized carbons (Fsp3) is 1.00. The molecule has 0 aliphatic carbocycles. The van der Waals surface area contributed by atoms with Crippen LogP contribution in [0, 0.1) is 17.8 Å². The van der Waals surface area contributed by atoms with E-state index in [9.17, 15) is 0 Å². The van der Waals surface area contributed by atoms with Gasteiger partial charge in [-0.25, -0.2) is 0 Å². The second kappa shape index (κ2) is 5.59. The Balaban J connectivity index is 3.69. The van der Waals surface area contributed by atoms with Crippen molar-refractivity contribution in [3.63, 3.8) is 0 Å². The van der Waals surface area contributed by atoms with Crippen LogP contribution in [0.2, 0.25) is 0 Å². The van der Waals surface area contributed by atoms with E-state index in [1.54, 1.807) is 7.11 Å². The lowest BCUT2D eigenvalue weighted by Gasteiger charge is -2.21. The molecule has 0 spiro atoms. The first-order valence-corrected chi connectivity index (χ1v) is 4.56. The third kappa shape index (κ3) is 5.25. The van der Waals surface area contributed by atoms with Crippen LogP contribution in [0.25, 0.3) is 0 Å². The molecule has 0 heterocycles. The molecule has 11 heavy (non-hydrogen) atoms. The molecule has 68 valence electrons. The summed E-state index contributed by atoms with van der Waals surface area (Å²) in [5.74, 6) is 2.27. The minimum atomic E-state index is 0.736. The highest BCUT2D eigenvalue weighted by atomic mass is 16.5. The Morgan fingerprint density at radius 2 is 1.64 bits per heavy atom. The van der Waals surface area contributed by atoms with Crippen LogP contribution in [0.3, 0.4) is 0 Å². The van der Waals surface area contributed by atoms with Crippen molar-refractivity contribution in [3.8, 4) is 0 Å². The molecule has 0 N–H and O–H groups in total. The maximum Gasteiger partial charge on any atom is 0.0493 e. The quantitative estimate of drug-likeness (QED) is 0.597. The topological polar surface area (TPSA) is 9.23 Å². The molecule has 1 atom stereocenters. The van der Waals surface area contributed by atoms with Gasteiger partial charge in [0.05, 0.1) is 0 Å². The maximum atomic E-state index is 5.17.